The van der Waals surface area contributed by atoms with Crippen LogP contribution in [0.4, 0.5) is 4.39 Å². The molecule has 3 aromatic rings. The third kappa shape index (κ3) is 4.53. The number of aliphatic hydroxyl groups is 1. The quantitative estimate of drug-likeness (QED) is 0.416. The van der Waals surface area contributed by atoms with Gasteiger partial charge in [-0.05, 0) is 44.3 Å². The van der Waals surface area contributed by atoms with Gasteiger partial charge in [0.1, 0.15) is 5.82 Å². The van der Waals surface area contributed by atoms with Gasteiger partial charge in [-0.3, -0.25) is 9.59 Å². The van der Waals surface area contributed by atoms with Gasteiger partial charge in [-0.15, -0.1) is 0 Å². The molecule has 2 aromatic carbocycles. The minimum atomic E-state index is -1.07. The molecule has 1 aromatic heterocycles. The van der Waals surface area contributed by atoms with Crippen molar-refractivity contribution in [3.63, 3.8) is 0 Å². The summed E-state index contributed by atoms with van der Waals surface area (Å²) in [6.07, 6.45) is 0.606. The number of ether oxygens (including phenoxy) is 1. The van der Waals surface area contributed by atoms with Gasteiger partial charge in [0.2, 0.25) is 5.78 Å². The van der Waals surface area contributed by atoms with E-state index in [2.05, 4.69) is 18.7 Å². The number of Topliss-reactive ketones (excluding diaryl/α,β-unsaturated/α-hetero) is 1. The molecule has 0 saturated heterocycles. The molecule has 8 heteroatoms. The van der Waals surface area contributed by atoms with Crippen LogP contribution in [-0.2, 0) is 4.79 Å². The lowest BCUT2D eigenvalue weighted by atomic mass is 9.94. The first kappa shape index (κ1) is 24.5. The van der Waals surface area contributed by atoms with Crippen LogP contribution in [0, 0.1) is 5.82 Å². The maximum absolute atomic E-state index is 14.9. The number of rotatable bonds is 10. The monoisotopic (exact) mass is 480 g/mol. The lowest BCUT2D eigenvalue weighted by molar-refractivity contribution is -0.129. The summed E-state index contributed by atoms with van der Waals surface area (Å²) >= 11 is 0. The van der Waals surface area contributed by atoms with Crippen LogP contribution in [0.2, 0.25) is 0 Å². The van der Waals surface area contributed by atoms with Crippen molar-refractivity contribution in [1.82, 2.24) is 9.80 Å². The van der Waals surface area contributed by atoms with Gasteiger partial charge in [0.05, 0.1) is 18.7 Å². The number of hydrogen-bond acceptors (Lipinski definition) is 6. The van der Waals surface area contributed by atoms with Crippen molar-refractivity contribution >= 4 is 22.7 Å². The number of ketones is 1. The minimum absolute atomic E-state index is 0.0646. The SMILES string of the molecule is CCN(CC)CCCN1C(=O)C(O)=C(C(=O)c2cc3cccc(OC)c3o2)[C@H]1c1ccccc1F. The number of halogens is 1. The van der Waals surface area contributed by atoms with E-state index in [0.717, 1.165) is 19.6 Å². The molecule has 4 rings (SSSR count). The van der Waals surface area contributed by atoms with Crippen LogP contribution in [0.1, 0.15) is 42.4 Å². The number of amides is 1. The van der Waals surface area contributed by atoms with Gasteiger partial charge >= 0.3 is 0 Å². The fourth-order valence-electron chi connectivity index (χ4n) is 4.58. The van der Waals surface area contributed by atoms with E-state index < -0.39 is 29.3 Å². The second-order valence-electron chi connectivity index (χ2n) is 8.38. The number of nitrogens with zero attached hydrogens (tertiary/aromatic N) is 2. The van der Waals surface area contributed by atoms with Crippen molar-refractivity contribution in [2.75, 3.05) is 33.3 Å². The highest BCUT2D eigenvalue weighted by Gasteiger charge is 2.45. The Labute approximate surface area is 203 Å². The maximum Gasteiger partial charge on any atom is 0.290 e. The first-order valence-electron chi connectivity index (χ1n) is 11.7. The summed E-state index contributed by atoms with van der Waals surface area (Å²) < 4.78 is 26.0. The summed E-state index contributed by atoms with van der Waals surface area (Å²) in [6.45, 7) is 6.82. The second kappa shape index (κ2) is 10.3. The fourth-order valence-corrected chi connectivity index (χ4v) is 4.58. The second-order valence-corrected chi connectivity index (χ2v) is 8.38. The zero-order chi connectivity index (χ0) is 25.1. The number of methoxy groups -OCH3 is 1. The predicted molar refractivity (Wildman–Crippen MR) is 130 cm³/mol. The smallest absolute Gasteiger partial charge is 0.290 e. The van der Waals surface area contributed by atoms with Crippen LogP contribution in [0.3, 0.4) is 0 Å². The molecule has 0 bridgehead atoms. The molecule has 0 spiro atoms. The lowest BCUT2D eigenvalue weighted by Gasteiger charge is -2.28. The third-order valence-electron chi connectivity index (χ3n) is 6.47. The molecule has 7 nitrogen and oxygen atoms in total. The van der Waals surface area contributed by atoms with Crippen LogP contribution < -0.4 is 4.74 Å². The number of para-hydroxylation sites is 1. The highest BCUT2D eigenvalue weighted by molar-refractivity contribution is 6.16. The number of fused-ring (bicyclic) bond motifs is 1. The molecule has 0 radical (unpaired) electrons. The van der Waals surface area contributed by atoms with E-state index in [4.69, 9.17) is 9.15 Å². The largest absolute Gasteiger partial charge is 0.503 e. The summed E-state index contributed by atoms with van der Waals surface area (Å²) in [5.74, 6) is -2.23. The molecule has 1 amide bonds. The minimum Gasteiger partial charge on any atom is -0.503 e. The van der Waals surface area contributed by atoms with Gasteiger partial charge < -0.3 is 24.1 Å². The number of furan rings is 1. The normalized spacial score (nSPS) is 16.1. The fraction of sp³-hybridized carbons (Fsp3) is 0.333. The van der Waals surface area contributed by atoms with Crippen LogP contribution >= 0.6 is 0 Å². The molecular formula is C27H29FN2O5. The Morgan fingerprint density at radius 3 is 2.60 bits per heavy atom. The average molecular weight is 481 g/mol. The zero-order valence-electron chi connectivity index (χ0n) is 20.1. The highest BCUT2D eigenvalue weighted by Crippen LogP contribution is 2.41. The number of benzene rings is 2. The molecule has 0 fully saturated rings. The van der Waals surface area contributed by atoms with E-state index in [1.165, 1.54) is 36.3 Å². The van der Waals surface area contributed by atoms with E-state index >= 15 is 0 Å². The Morgan fingerprint density at radius 1 is 1.17 bits per heavy atom. The molecule has 0 saturated carbocycles. The van der Waals surface area contributed by atoms with E-state index in [1.54, 1.807) is 24.3 Å². The zero-order valence-corrected chi connectivity index (χ0v) is 20.1. The number of hydrogen-bond donors (Lipinski definition) is 1. The maximum atomic E-state index is 14.9. The van der Waals surface area contributed by atoms with Gasteiger partial charge in [0, 0.05) is 17.5 Å². The van der Waals surface area contributed by atoms with Crippen molar-refractivity contribution < 1.29 is 28.2 Å². The van der Waals surface area contributed by atoms with E-state index in [0.29, 0.717) is 23.1 Å². The average Bonchev–Trinajstić information content (AvgIpc) is 3.41. The van der Waals surface area contributed by atoms with Gasteiger partial charge in [0.15, 0.2) is 22.9 Å². The molecular weight excluding hydrogens is 451 g/mol. The standard InChI is InChI=1S/C27H29FN2O5/c1-4-29(5-2)14-9-15-30-23(18-11-6-7-12-19(18)28)22(25(32)27(30)33)24(31)21-16-17-10-8-13-20(34-3)26(17)35-21/h6-8,10-13,16,23,32H,4-5,9,14-15H2,1-3H3/t23-/m1/s1. The van der Waals surface area contributed by atoms with E-state index in [-0.39, 0.29) is 23.4 Å². The Hall–Kier alpha value is -3.65. The van der Waals surface area contributed by atoms with Crippen LogP contribution in [0.25, 0.3) is 11.0 Å². The Bertz CT molecular complexity index is 1280. The summed E-state index contributed by atoms with van der Waals surface area (Å²) in [6, 6.07) is 11.7. The summed E-state index contributed by atoms with van der Waals surface area (Å²) in [7, 11) is 1.49. The Kier molecular flexibility index (Phi) is 7.21. The van der Waals surface area contributed by atoms with Crippen molar-refractivity contribution in [3.8, 4) is 5.75 Å². The topological polar surface area (TPSA) is 83.2 Å². The summed E-state index contributed by atoms with van der Waals surface area (Å²) in [5, 5.41) is 11.5. The Balaban J connectivity index is 1.73. The molecule has 184 valence electrons. The van der Waals surface area contributed by atoms with E-state index in [1.807, 2.05) is 0 Å². The van der Waals surface area contributed by atoms with E-state index in [9.17, 15) is 19.1 Å². The lowest BCUT2D eigenvalue weighted by Crippen LogP contribution is -2.35. The summed E-state index contributed by atoms with van der Waals surface area (Å²) in [4.78, 5) is 30.3. The molecule has 0 aliphatic carbocycles. The first-order chi connectivity index (χ1) is 16.9. The van der Waals surface area contributed by atoms with Gasteiger partial charge in [0.25, 0.3) is 5.91 Å². The van der Waals surface area contributed by atoms with Gasteiger partial charge in [-0.25, -0.2) is 4.39 Å². The number of carbonyl (C=O) groups is 2. The molecule has 35 heavy (non-hydrogen) atoms. The third-order valence-corrected chi connectivity index (χ3v) is 6.47. The van der Waals surface area contributed by atoms with Crippen molar-refractivity contribution in [2.45, 2.75) is 26.3 Å². The number of carbonyl (C=O) groups excluding carboxylic acids is 2. The molecule has 1 aliphatic rings. The molecule has 0 unspecified atom stereocenters. The number of aliphatic hydroxyl groups excluding tert-OH is 1. The summed E-state index contributed by atoms with van der Waals surface area (Å²) in [5.41, 5.74) is 0.326. The molecule has 1 N–H and O–H groups in total. The Morgan fingerprint density at radius 2 is 1.91 bits per heavy atom. The van der Waals surface area contributed by atoms with Crippen LogP contribution in [0.15, 0.2) is 64.3 Å². The molecule has 1 atom stereocenters. The molecule has 1 aliphatic heterocycles. The van der Waals surface area contributed by atoms with Crippen LogP contribution in [-0.4, -0.2) is 59.9 Å². The van der Waals surface area contributed by atoms with Crippen molar-refractivity contribution in [1.29, 1.82) is 0 Å². The first-order valence-corrected chi connectivity index (χ1v) is 11.7. The molecule has 2 heterocycles. The van der Waals surface area contributed by atoms with Crippen LogP contribution in [0.5, 0.6) is 5.75 Å². The highest BCUT2D eigenvalue weighted by atomic mass is 19.1. The van der Waals surface area contributed by atoms with Crippen molar-refractivity contribution in [2.24, 2.45) is 0 Å². The van der Waals surface area contributed by atoms with Gasteiger partial charge in [-0.1, -0.05) is 44.2 Å². The van der Waals surface area contributed by atoms with Crippen molar-refractivity contribution in [3.05, 3.63) is 77.0 Å². The van der Waals surface area contributed by atoms with Gasteiger partial charge in [-0.2, -0.15) is 0 Å². The predicted octanol–water partition coefficient (Wildman–Crippen LogP) is 4.89.